The molecule has 0 spiro atoms. The number of hydrogen-bond acceptors (Lipinski definition) is 4. The van der Waals surface area contributed by atoms with Crippen LogP contribution in [0, 0.1) is 0 Å². The minimum atomic E-state index is 0.783. The third-order valence-electron chi connectivity index (χ3n) is 3.05. The number of nitrogens with one attached hydrogen (secondary N) is 1. The van der Waals surface area contributed by atoms with Crippen LogP contribution in [0.3, 0.4) is 0 Å². The van der Waals surface area contributed by atoms with Crippen LogP contribution in [0.15, 0.2) is 16.7 Å². The molecule has 1 rings (SSSR count). The predicted molar refractivity (Wildman–Crippen MR) is 78.1 cm³/mol. The third kappa shape index (κ3) is 6.76. The molecule has 0 bridgehead atoms. The molecule has 0 saturated heterocycles. The lowest BCUT2D eigenvalue weighted by Gasteiger charge is -2.18. The summed E-state index contributed by atoms with van der Waals surface area (Å²) in [7, 11) is 0. The van der Waals surface area contributed by atoms with Gasteiger partial charge in [0.25, 0.3) is 0 Å². The van der Waals surface area contributed by atoms with Crippen molar-refractivity contribution in [3.05, 3.63) is 23.7 Å². The van der Waals surface area contributed by atoms with Crippen LogP contribution in [0.25, 0.3) is 0 Å². The molecular weight excluding hydrogens is 240 g/mol. The van der Waals surface area contributed by atoms with E-state index in [-0.39, 0.29) is 0 Å². The van der Waals surface area contributed by atoms with Gasteiger partial charge in [0.2, 0.25) is 0 Å². The van der Waals surface area contributed by atoms with Crippen LogP contribution in [0.4, 0.5) is 0 Å². The standard InChI is InChI=1S/C15H28N2O2/c1-4-7-16-11-14-10-15(19-13-14)12-17(5-2)8-9-18-6-3/h10,13,16H,4-9,11-12H2,1-3H3. The summed E-state index contributed by atoms with van der Waals surface area (Å²) in [5.41, 5.74) is 1.23. The first-order valence-corrected chi connectivity index (χ1v) is 7.37. The first-order chi connectivity index (χ1) is 9.30. The highest BCUT2D eigenvalue weighted by Gasteiger charge is 2.07. The van der Waals surface area contributed by atoms with Crippen LogP contribution >= 0.6 is 0 Å². The van der Waals surface area contributed by atoms with E-state index in [2.05, 4.69) is 30.1 Å². The smallest absolute Gasteiger partial charge is 0.118 e. The van der Waals surface area contributed by atoms with E-state index in [0.29, 0.717) is 0 Å². The van der Waals surface area contributed by atoms with E-state index < -0.39 is 0 Å². The van der Waals surface area contributed by atoms with Crippen molar-refractivity contribution >= 4 is 0 Å². The van der Waals surface area contributed by atoms with Crippen LogP contribution in [0.1, 0.15) is 38.5 Å². The highest BCUT2D eigenvalue weighted by atomic mass is 16.5. The minimum Gasteiger partial charge on any atom is -0.468 e. The molecule has 0 unspecified atom stereocenters. The van der Waals surface area contributed by atoms with Gasteiger partial charge >= 0.3 is 0 Å². The molecule has 110 valence electrons. The summed E-state index contributed by atoms with van der Waals surface area (Å²) in [5, 5.41) is 3.38. The lowest BCUT2D eigenvalue weighted by molar-refractivity contribution is 0.110. The molecule has 0 atom stereocenters. The molecule has 0 saturated carbocycles. The maximum Gasteiger partial charge on any atom is 0.118 e. The maximum absolute atomic E-state index is 5.61. The van der Waals surface area contributed by atoms with E-state index in [4.69, 9.17) is 9.15 Å². The van der Waals surface area contributed by atoms with Crippen molar-refractivity contribution in [2.75, 3.05) is 32.8 Å². The quantitative estimate of drug-likeness (QED) is 0.626. The van der Waals surface area contributed by atoms with Crippen LogP contribution in [0.5, 0.6) is 0 Å². The zero-order valence-corrected chi connectivity index (χ0v) is 12.6. The Kier molecular flexibility index (Phi) is 8.54. The first-order valence-electron chi connectivity index (χ1n) is 7.37. The van der Waals surface area contributed by atoms with Crippen LogP contribution in [-0.4, -0.2) is 37.7 Å². The van der Waals surface area contributed by atoms with Crippen LogP contribution in [-0.2, 0) is 17.8 Å². The Morgan fingerprint density at radius 1 is 1.32 bits per heavy atom. The molecule has 0 aliphatic heterocycles. The molecule has 1 heterocycles. The number of nitrogens with zero attached hydrogens (tertiary/aromatic N) is 1. The van der Waals surface area contributed by atoms with Crippen molar-refractivity contribution < 1.29 is 9.15 Å². The summed E-state index contributed by atoms with van der Waals surface area (Å²) in [6.07, 6.45) is 3.01. The number of hydrogen-bond donors (Lipinski definition) is 1. The topological polar surface area (TPSA) is 37.6 Å². The second-order valence-corrected chi connectivity index (χ2v) is 4.66. The summed E-state index contributed by atoms with van der Waals surface area (Å²) in [5.74, 6) is 1.03. The highest BCUT2D eigenvalue weighted by Crippen LogP contribution is 2.10. The van der Waals surface area contributed by atoms with Crippen molar-refractivity contribution in [1.82, 2.24) is 10.2 Å². The molecule has 4 nitrogen and oxygen atoms in total. The monoisotopic (exact) mass is 268 g/mol. The molecular formula is C15H28N2O2. The van der Waals surface area contributed by atoms with E-state index in [0.717, 1.165) is 58.1 Å². The molecule has 1 aromatic heterocycles. The second kappa shape index (κ2) is 10.0. The van der Waals surface area contributed by atoms with E-state index in [1.165, 1.54) is 5.56 Å². The predicted octanol–water partition coefficient (Wildman–Crippen LogP) is 2.64. The average molecular weight is 268 g/mol. The van der Waals surface area contributed by atoms with Crippen LogP contribution in [0.2, 0.25) is 0 Å². The first kappa shape index (κ1) is 16.2. The van der Waals surface area contributed by atoms with Crippen molar-refractivity contribution in [1.29, 1.82) is 0 Å². The molecule has 0 aliphatic carbocycles. The lowest BCUT2D eigenvalue weighted by Crippen LogP contribution is -2.26. The minimum absolute atomic E-state index is 0.783. The second-order valence-electron chi connectivity index (χ2n) is 4.66. The summed E-state index contributed by atoms with van der Waals surface area (Å²) in [6, 6.07) is 2.14. The molecule has 1 N–H and O–H groups in total. The van der Waals surface area contributed by atoms with Crippen LogP contribution < -0.4 is 5.32 Å². The van der Waals surface area contributed by atoms with E-state index in [1.54, 1.807) is 0 Å². The highest BCUT2D eigenvalue weighted by molar-refractivity contribution is 5.12. The zero-order chi connectivity index (χ0) is 13.9. The lowest BCUT2D eigenvalue weighted by atomic mass is 10.3. The number of furan rings is 1. The van der Waals surface area contributed by atoms with Crippen molar-refractivity contribution in [3.63, 3.8) is 0 Å². The van der Waals surface area contributed by atoms with Gasteiger partial charge in [-0.3, -0.25) is 4.90 Å². The summed E-state index contributed by atoms with van der Waals surface area (Å²) < 4.78 is 11.0. The van der Waals surface area contributed by atoms with Crippen molar-refractivity contribution in [2.45, 2.75) is 40.3 Å². The summed E-state index contributed by atoms with van der Waals surface area (Å²) >= 11 is 0. The molecule has 0 aromatic carbocycles. The Bertz CT molecular complexity index is 326. The fourth-order valence-electron chi connectivity index (χ4n) is 1.92. The molecule has 0 aliphatic rings. The largest absolute Gasteiger partial charge is 0.468 e. The third-order valence-corrected chi connectivity index (χ3v) is 3.05. The van der Waals surface area contributed by atoms with Gasteiger partial charge in [-0.15, -0.1) is 0 Å². The van der Waals surface area contributed by atoms with Gasteiger partial charge in [0.1, 0.15) is 5.76 Å². The summed E-state index contributed by atoms with van der Waals surface area (Å²) in [4.78, 5) is 2.33. The SMILES string of the molecule is CCCNCc1coc(CN(CC)CCOCC)c1. The van der Waals surface area contributed by atoms with Gasteiger partial charge in [-0.25, -0.2) is 0 Å². The zero-order valence-electron chi connectivity index (χ0n) is 12.6. The van der Waals surface area contributed by atoms with Gasteiger partial charge in [0.15, 0.2) is 0 Å². The molecule has 19 heavy (non-hydrogen) atoms. The van der Waals surface area contributed by atoms with Gasteiger partial charge in [-0.05, 0) is 32.5 Å². The number of ether oxygens (including phenoxy) is 1. The average Bonchev–Trinajstić information content (AvgIpc) is 2.86. The summed E-state index contributed by atoms with van der Waals surface area (Å²) in [6.45, 7) is 12.7. The molecule has 0 radical (unpaired) electrons. The normalized spacial score (nSPS) is 11.4. The maximum atomic E-state index is 5.61. The van der Waals surface area contributed by atoms with E-state index in [9.17, 15) is 0 Å². The van der Waals surface area contributed by atoms with Crippen molar-refractivity contribution in [2.24, 2.45) is 0 Å². The fraction of sp³-hybridized carbons (Fsp3) is 0.733. The van der Waals surface area contributed by atoms with E-state index >= 15 is 0 Å². The Hall–Kier alpha value is -0.840. The van der Waals surface area contributed by atoms with Gasteiger partial charge in [0.05, 0.1) is 19.4 Å². The van der Waals surface area contributed by atoms with Crippen molar-refractivity contribution in [3.8, 4) is 0 Å². The Morgan fingerprint density at radius 2 is 2.16 bits per heavy atom. The van der Waals surface area contributed by atoms with Gasteiger partial charge in [0, 0.05) is 25.3 Å². The number of likely N-dealkylation sites (N-methyl/N-ethyl adjacent to an activating group) is 1. The van der Waals surface area contributed by atoms with Gasteiger partial charge < -0.3 is 14.5 Å². The molecule has 4 heteroatoms. The molecule has 1 aromatic rings. The Labute approximate surface area is 117 Å². The molecule has 0 amide bonds. The van der Waals surface area contributed by atoms with Gasteiger partial charge in [-0.1, -0.05) is 13.8 Å². The number of rotatable bonds is 11. The van der Waals surface area contributed by atoms with E-state index in [1.807, 2.05) is 13.2 Å². The fourth-order valence-corrected chi connectivity index (χ4v) is 1.92. The Morgan fingerprint density at radius 3 is 2.84 bits per heavy atom. The van der Waals surface area contributed by atoms with Gasteiger partial charge in [-0.2, -0.15) is 0 Å². The molecule has 0 fully saturated rings. The Balaban J connectivity index is 2.33.